The molecule has 0 aromatic heterocycles. The van der Waals surface area contributed by atoms with Gasteiger partial charge in [0.05, 0.1) is 0 Å². The van der Waals surface area contributed by atoms with E-state index in [9.17, 15) is 5.11 Å². The molecule has 0 aliphatic carbocycles. The second kappa shape index (κ2) is 11.2. The van der Waals surface area contributed by atoms with Gasteiger partial charge in [-0.05, 0) is 12.8 Å². The highest BCUT2D eigenvalue weighted by molar-refractivity contribution is 6.68. The lowest BCUT2D eigenvalue weighted by Gasteiger charge is -2.18. The summed E-state index contributed by atoms with van der Waals surface area (Å²) in [5.74, 6) is 6.21. The lowest BCUT2D eigenvalue weighted by atomic mass is 10.1. The van der Waals surface area contributed by atoms with Crippen LogP contribution in [0.15, 0.2) is 0 Å². The molecule has 0 aromatic rings. The minimum Gasteiger partial charge on any atom is -0.389 e. The molecule has 18 heavy (non-hydrogen) atoms. The summed E-state index contributed by atoms with van der Waals surface area (Å²) < 4.78 is -1.54. The van der Waals surface area contributed by atoms with Crippen molar-refractivity contribution in [3.8, 4) is 11.8 Å². The lowest BCUT2D eigenvalue weighted by Crippen LogP contribution is -2.24. The first-order valence-electron chi connectivity index (χ1n) is 6.69. The minimum absolute atomic E-state index is 0.554. The first-order valence-corrected chi connectivity index (χ1v) is 7.82. The van der Waals surface area contributed by atoms with Gasteiger partial charge in [0.1, 0.15) is 6.10 Å². The van der Waals surface area contributed by atoms with Crippen LogP contribution in [0, 0.1) is 11.8 Å². The highest BCUT2D eigenvalue weighted by atomic mass is 35.6. The van der Waals surface area contributed by atoms with E-state index in [1.807, 2.05) is 0 Å². The zero-order valence-electron chi connectivity index (χ0n) is 11.0. The van der Waals surface area contributed by atoms with Crippen LogP contribution in [0.25, 0.3) is 0 Å². The van der Waals surface area contributed by atoms with E-state index in [1.165, 1.54) is 25.7 Å². The predicted molar refractivity (Wildman–Crippen MR) is 81.3 cm³/mol. The first kappa shape index (κ1) is 18.4. The van der Waals surface area contributed by atoms with Crippen molar-refractivity contribution in [2.45, 2.75) is 74.6 Å². The van der Waals surface area contributed by atoms with Crippen molar-refractivity contribution in [1.29, 1.82) is 0 Å². The Balaban J connectivity index is 3.26. The second-order valence-corrected chi connectivity index (χ2v) is 6.79. The van der Waals surface area contributed by atoms with E-state index in [-0.39, 0.29) is 0 Å². The van der Waals surface area contributed by atoms with E-state index in [0.717, 1.165) is 25.7 Å². The normalized spacial score (nSPS) is 12.9. The fourth-order valence-corrected chi connectivity index (χ4v) is 1.96. The van der Waals surface area contributed by atoms with Crippen LogP contribution in [-0.2, 0) is 0 Å². The van der Waals surface area contributed by atoms with Gasteiger partial charge in [-0.15, -0.1) is 11.8 Å². The molecule has 0 heterocycles. The van der Waals surface area contributed by atoms with Crippen LogP contribution in [-0.4, -0.2) is 15.0 Å². The highest BCUT2D eigenvalue weighted by Gasteiger charge is 2.29. The second-order valence-electron chi connectivity index (χ2n) is 4.42. The van der Waals surface area contributed by atoms with Crippen LogP contribution in [0.5, 0.6) is 0 Å². The van der Waals surface area contributed by atoms with Crippen molar-refractivity contribution < 1.29 is 5.11 Å². The van der Waals surface area contributed by atoms with Gasteiger partial charge in [-0.3, -0.25) is 0 Å². The Kier molecular flexibility index (Phi) is 11.5. The molecule has 0 saturated carbocycles. The fourth-order valence-electron chi connectivity index (χ4n) is 1.64. The number of alkyl halides is 3. The highest BCUT2D eigenvalue weighted by Crippen LogP contribution is 2.32. The molecular weight excluding hydrogens is 291 g/mol. The number of aliphatic hydroxyl groups is 1. The van der Waals surface area contributed by atoms with Crippen molar-refractivity contribution >= 4 is 34.8 Å². The number of rotatable bonds is 8. The molecule has 0 spiro atoms. The standard InChI is InChI=1S/C14H23Cl3O/c1-2-3-4-5-6-7-8-9-10-11-12-13(18)14(15,16)17/h13,18H,2,5-12H2,1H3. The van der Waals surface area contributed by atoms with Crippen molar-refractivity contribution in [2.75, 3.05) is 0 Å². The Bertz CT molecular complexity index is 250. The van der Waals surface area contributed by atoms with Gasteiger partial charge < -0.3 is 5.11 Å². The number of hydrogen-bond acceptors (Lipinski definition) is 1. The molecular formula is C14H23Cl3O. The third-order valence-corrected chi connectivity index (χ3v) is 3.46. The zero-order valence-corrected chi connectivity index (χ0v) is 13.3. The summed E-state index contributed by atoms with van der Waals surface area (Å²) in [6.45, 7) is 2.07. The Morgan fingerprint density at radius 3 is 2.06 bits per heavy atom. The van der Waals surface area contributed by atoms with E-state index < -0.39 is 9.90 Å². The molecule has 1 unspecified atom stereocenters. The summed E-state index contributed by atoms with van der Waals surface area (Å²) >= 11 is 16.7. The maximum atomic E-state index is 9.50. The summed E-state index contributed by atoms with van der Waals surface area (Å²) in [5.41, 5.74) is 0. The van der Waals surface area contributed by atoms with Gasteiger partial charge in [0.2, 0.25) is 3.79 Å². The molecule has 0 radical (unpaired) electrons. The molecule has 0 amide bonds. The molecule has 0 bridgehead atoms. The van der Waals surface area contributed by atoms with Crippen LogP contribution in [0.2, 0.25) is 0 Å². The number of aliphatic hydroxyl groups excluding tert-OH is 1. The van der Waals surface area contributed by atoms with Crippen LogP contribution in [0.1, 0.15) is 64.7 Å². The van der Waals surface area contributed by atoms with E-state index in [2.05, 4.69) is 18.8 Å². The summed E-state index contributed by atoms with van der Waals surface area (Å²) in [6.07, 6.45) is 8.46. The predicted octanol–water partition coefficient (Wildman–Crippen LogP) is 5.25. The number of halogens is 3. The number of hydrogen-bond donors (Lipinski definition) is 1. The van der Waals surface area contributed by atoms with Crippen LogP contribution in [0.4, 0.5) is 0 Å². The van der Waals surface area contributed by atoms with Gasteiger partial charge >= 0.3 is 0 Å². The maximum absolute atomic E-state index is 9.50. The summed E-state index contributed by atoms with van der Waals surface area (Å²) in [4.78, 5) is 0. The molecule has 0 aliphatic rings. The maximum Gasteiger partial charge on any atom is 0.216 e. The summed E-state index contributed by atoms with van der Waals surface area (Å²) in [5, 5.41) is 9.50. The smallest absolute Gasteiger partial charge is 0.216 e. The third kappa shape index (κ3) is 11.5. The molecule has 0 fully saturated rings. The molecule has 0 rings (SSSR count). The van der Waals surface area contributed by atoms with Crippen LogP contribution >= 0.6 is 34.8 Å². The lowest BCUT2D eigenvalue weighted by molar-refractivity contribution is 0.164. The van der Waals surface area contributed by atoms with Crippen LogP contribution in [0.3, 0.4) is 0 Å². The van der Waals surface area contributed by atoms with Gasteiger partial charge in [0.15, 0.2) is 0 Å². The van der Waals surface area contributed by atoms with Gasteiger partial charge in [-0.2, -0.15) is 0 Å². The third-order valence-electron chi connectivity index (χ3n) is 2.71. The van der Waals surface area contributed by atoms with Gasteiger partial charge in [-0.1, -0.05) is 73.8 Å². The summed E-state index contributed by atoms with van der Waals surface area (Å²) in [6, 6.07) is 0. The topological polar surface area (TPSA) is 20.2 Å². The molecule has 0 aromatic carbocycles. The van der Waals surface area contributed by atoms with Crippen molar-refractivity contribution in [2.24, 2.45) is 0 Å². The average Bonchev–Trinajstić information content (AvgIpc) is 2.30. The quantitative estimate of drug-likeness (QED) is 0.368. The SMILES string of the molecule is CCC#CCCCCCCCCC(O)C(Cl)(Cl)Cl. The van der Waals surface area contributed by atoms with E-state index in [1.54, 1.807) is 0 Å². The zero-order chi connectivity index (χ0) is 13.9. The Morgan fingerprint density at radius 2 is 1.50 bits per heavy atom. The molecule has 106 valence electrons. The van der Waals surface area contributed by atoms with E-state index >= 15 is 0 Å². The van der Waals surface area contributed by atoms with Crippen LogP contribution < -0.4 is 0 Å². The monoisotopic (exact) mass is 312 g/mol. The van der Waals surface area contributed by atoms with E-state index in [0.29, 0.717) is 6.42 Å². The molecule has 0 aliphatic heterocycles. The molecule has 1 atom stereocenters. The van der Waals surface area contributed by atoms with Crippen molar-refractivity contribution in [3.05, 3.63) is 0 Å². The summed E-state index contributed by atoms with van der Waals surface area (Å²) in [7, 11) is 0. The van der Waals surface area contributed by atoms with Gasteiger partial charge in [0.25, 0.3) is 0 Å². The molecule has 1 N–H and O–H groups in total. The molecule has 4 heteroatoms. The van der Waals surface area contributed by atoms with Gasteiger partial charge in [0, 0.05) is 12.8 Å². The van der Waals surface area contributed by atoms with Crippen molar-refractivity contribution in [3.63, 3.8) is 0 Å². The van der Waals surface area contributed by atoms with E-state index in [4.69, 9.17) is 34.8 Å². The largest absolute Gasteiger partial charge is 0.389 e. The Hall–Kier alpha value is 0.390. The number of unbranched alkanes of at least 4 members (excludes halogenated alkanes) is 6. The molecule has 1 nitrogen and oxygen atoms in total. The first-order chi connectivity index (χ1) is 8.48. The molecule has 0 saturated heterocycles. The Morgan fingerprint density at radius 1 is 0.944 bits per heavy atom. The minimum atomic E-state index is -1.54. The Labute approximate surface area is 126 Å². The average molecular weight is 314 g/mol. The fraction of sp³-hybridized carbons (Fsp3) is 0.857. The van der Waals surface area contributed by atoms with Crippen molar-refractivity contribution in [1.82, 2.24) is 0 Å². The van der Waals surface area contributed by atoms with Gasteiger partial charge in [-0.25, -0.2) is 0 Å².